The highest BCUT2D eigenvalue weighted by molar-refractivity contribution is 9.10. The van der Waals surface area contributed by atoms with Gasteiger partial charge in [-0.05, 0) is 40.2 Å². The Balaban J connectivity index is 2.24. The molecule has 86 valence electrons. The summed E-state index contributed by atoms with van der Waals surface area (Å²) in [6.07, 6.45) is 1.56. The highest BCUT2D eigenvalue weighted by Crippen LogP contribution is 2.17. The molecule has 0 unspecified atom stereocenters. The van der Waals surface area contributed by atoms with E-state index in [2.05, 4.69) is 26.2 Å². The van der Waals surface area contributed by atoms with Gasteiger partial charge in [-0.2, -0.15) is 0 Å². The zero-order valence-corrected chi connectivity index (χ0v) is 10.2. The average Bonchev–Trinajstić information content (AvgIpc) is 2.32. The normalized spacial score (nSPS) is 10.0. The van der Waals surface area contributed by atoms with Crippen LogP contribution >= 0.6 is 15.9 Å². The van der Waals surface area contributed by atoms with Crippen LogP contribution in [0.15, 0.2) is 47.2 Å². The molecule has 0 radical (unpaired) electrons. The molecule has 0 aliphatic carbocycles. The van der Waals surface area contributed by atoms with Gasteiger partial charge in [0, 0.05) is 6.20 Å². The molecule has 2 rings (SSSR count). The predicted molar refractivity (Wildman–Crippen MR) is 66.3 cm³/mol. The van der Waals surface area contributed by atoms with Crippen LogP contribution in [0, 0.1) is 5.82 Å². The number of para-hydroxylation sites is 1. The van der Waals surface area contributed by atoms with Gasteiger partial charge in [-0.15, -0.1) is 0 Å². The number of carbonyl (C=O) groups excluding carboxylic acids is 1. The van der Waals surface area contributed by atoms with E-state index < -0.39 is 11.7 Å². The highest BCUT2D eigenvalue weighted by atomic mass is 79.9. The third-order valence-corrected chi connectivity index (χ3v) is 2.76. The molecule has 5 heteroatoms. The van der Waals surface area contributed by atoms with E-state index in [4.69, 9.17) is 0 Å². The second-order valence-corrected chi connectivity index (χ2v) is 4.03. The Morgan fingerprint density at radius 1 is 1.24 bits per heavy atom. The summed E-state index contributed by atoms with van der Waals surface area (Å²) >= 11 is 3.16. The fourth-order valence-corrected chi connectivity index (χ4v) is 1.74. The molecule has 1 amide bonds. The Kier molecular flexibility index (Phi) is 3.49. The monoisotopic (exact) mass is 294 g/mol. The lowest BCUT2D eigenvalue weighted by atomic mass is 10.2. The number of carbonyl (C=O) groups is 1. The first-order valence-electron chi connectivity index (χ1n) is 4.85. The maximum atomic E-state index is 13.3. The van der Waals surface area contributed by atoms with Crippen LogP contribution in [0.2, 0.25) is 0 Å². The summed E-state index contributed by atoms with van der Waals surface area (Å²) < 4.78 is 13.7. The zero-order chi connectivity index (χ0) is 12.3. The van der Waals surface area contributed by atoms with Crippen LogP contribution in [0.4, 0.5) is 10.1 Å². The van der Waals surface area contributed by atoms with Crippen LogP contribution in [0.5, 0.6) is 0 Å². The summed E-state index contributed by atoms with van der Waals surface area (Å²) in [6, 6.07) is 9.24. The Bertz CT molecular complexity index is 560. The number of hydrogen-bond donors (Lipinski definition) is 1. The average molecular weight is 295 g/mol. The Morgan fingerprint density at radius 2 is 2.00 bits per heavy atom. The molecule has 0 atom stereocenters. The van der Waals surface area contributed by atoms with Gasteiger partial charge in [0.2, 0.25) is 0 Å². The molecule has 0 aliphatic rings. The minimum absolute atomic E-state index is 0.147. The van der Waals surface area contributed by atoms with Gasteiger partial charge < -0.3 is 5.32 Å². The molecule has 0 saturated heterocycles. The first-order chi connectivity index (χ1) is 8.18. The summed E-state index contributed by atoms with van der Waals surface area (Å²) in [4.78, 5) is 15.8. The molecule has 1 aromatic heterocycles. The Morgan fingerprint density at radius 3 is 2.71 bits per heavy atom. The smallest absolute Gasteiger partial charge is 0.258 e. The van der Waals surface area contributed by atoms with Crippen molar-refractivity contribution in [2.75, 3.05) is 5.32 Å². The maximum Gasteiger partial charge on any atom is 0.258 e. The van der Waals surface area contributed by atoms with Gasteiger partial charge in [-0.25, -0.2) is 9.37 Å². The van der Waals surface area contributed by atoms with Gasteiger partial charge in [-0.1, -0.05) is 12.1 Å². The van der Waals surface area contributed by atoms with E-state index in [0.29, 0.717) is 10.2 Å². The maximum absolute atomic E-state index is 13.3. The zero-order valence-electron chi connectivity index (χ0n) is 8.65. The Hall–Kier alpha value is -1.75. The van der Waals surface area contributed by atoms with Crippen LogP contribution < -0.4 is 5.32 Å². The number of nitrogens with zero attached hydrogens (tertiary/aromatic N) is 1. The number of halogens is 2. The molecular formula is C12H8BrFN2O. The number of aromatic nitrogens is 1. The molecule has 0 bridgehead atoms. The molecule has 3 nitrogen and oxygen atoms in total. The lowest BCUT2D eigenvalue weighted by Gasteiger charge is -2.06. The van der Waals surface area contributed by atoms with Gasteiger partial charge >= 0.3 is 0 Å². The van der Waals surface area contributed by atoms with Crippen molar-refractivity contribution in [1.82, 2.24) is 4.98 Å². The van der Waals surface area contributed by atoms with Crippen LogP contribution in [0.25, 0.3) is 0 Å². The van der Waals surface area contributed by atoms with Gasteiger partial charge in [0.15, 0.2) is 0 Å². The summed E-state index contributed by atoms with van der Waals surface area (Å²) in [7, 11) is 0. The van der Waals surface area contributed by atoms with E-state index in [1.54, 1.807) is 30.5 Å². The molecule has 1 aromatic carbocycles. The lowest BCUT2D eigenvalue weighted by Crippen LogP contribution is -2.13. The Labute approximate surface area is 106 Å². The molecule has 0 fully saturated rings. The van der Waals surface area contributed by atoms with Gasteiger partial charge in [0.1, 0.15) is 10.4 Å². The molecule has 0 saturated carbocycles. The molecule has 2 aromatic rings. The van der Waals surface area contributed by atoms with E-state index in [1.807, 2.05) is 0 Å². The van der Waals surface area contributed by atoms with Gasteiger partial charge in [0.25, 0.3) is 5.91 Å². The molecular weight excluding hydrogens is 287 g/mol. The standard InChI is InChI=1S/C12H8BrFN2O/c13-11-8(4-3-7-15-11)12(17)16-10-6-2-1-5-9(10)14/h1-7H,(H,16,17). The third kappa shape index (κ3) is 2.68. The summed E-state index contributed by atoms with van der Waals surface area (Å²) in [5.74, 6) is -0.879. The number of pyridine rings is 1. The van der Waals surface area contributed by atoms with Crippen molar-refractivity contribution in [3.8, 4) is 0 Å². The first kappa shape index (κ1) is 11.7. The minimum Gasteiger partial charge on any atom is -0.319 e. The number of benzene rings is 1. The van der Waals surface area contributed by atoms with E-state index in [0.717, 1.165) is 0 Å². The van der Waals surface area contributed by atoms with E-state index in [9.17, 15) is 9.18 Å². The molecule has 0 spiro atoms. The number of nitrogens with one attached hydrogen (secondary N) is 1. The largest absolute Gasteiger partial charge is 0.319 e. The lowest BCUT2D eigenvalue weighted by molar-refractivity contribution is 0.102. The van der Waals surface area contributed by atoms with Crippen molar-refractivity contribution < 1.29 is 9.18 Å². The molecule has 1 N–H and O–H groups in total. The number of anilines is 1. The third-order valence-electron chi connectivity index (χ3n) is 2.13. The topological polar surface area (TPSA) is 42.0 Å². The first-order valence-corrected chi connectivity index (χ1v) is 5.64. The van der Waals surface area contributed by atoms with Crippen molar-refractivity contribution in [2.24, 2.45) is 0 Å². The van der Waals surface area contributed by atoms with E-state index >= 15 is 0 Å². The number of amides is 1. The van der Waals surface area contributed by atoms with Crippen molar-refractivity contribution in [1.29, 1.82) is 0 Å². The molecule has 0 aliphatic heterocycles. The summed E-state index contributed by atoms with van der Waals surface area (Å²) in [6.45, 7) is 0. The van der Waals surface area contributed by atoms with E-state index in [-0.39, 0.29) is 5.69 Å². The molecule has 17 heavy (non-hydrogen) atoms. The van der Waals surface area contributed by atoms with Crippen molar-refractivity contribution in [2.45, 2.75) is 0 Å². The fourth-order valence-electron chi connectivity index (χ4n) is 1.31. The highest BCUT2D eigenvalue weighted by Gasteiger charge is 2.11. The second kappa shape index (κ2) is 5.05. The van der Waals surface area contributed by atoms with Crippen molar-refractivity contribution in [3.05, 3.63) is 58.6 Å². The SMILES string of the molecule is O=C(Nc1ccccc1F)c1cccnc1Br. The predicted octanol–water partition coefficient (Wildman–Crippen LogP) is 3.24. The van der Waals surface area contributed by atoms with Crippen LogP contribution in [0.3, 0.4) is 0 Å². The van der Waals surface area contributed by atoms with Gasteiger partial charge in [0.05, 0.1) is 11.3 Å². The number of hydrogen-bond acceptors (Lipinski definition) is 2. The summed E-state index contributed by atoms with van der Waals surface area (Å²) in [5.41, 5.74) is 0.504. The van der Waals surface area contributed by atoms with Gasteiger partial charge in [-0.3, -0.25) is 4.79 Å². The number of rotatable bonds is 2. The van der Waals surface area contributed by atoms with Crippen molar-refractivity contribution in [3.63, 3.8) is 0 Å². The van der Waals surface area contributed by atoms with Crippen LogP contribution in [0.1, 0.15) is 10.4 Å². The van der Waals surface area contributed by atoms with E-state index in [1.165, 1.54) is 12.1 Å². The minimum atomic E-state index is -0.471. The summed E-state index contributed by atoms with van der Waals surface area (Å²) in [5, 5.41) is 2.48. The van der Waals surface area contributed by atoms with Crippen LogP contribution in [-0.4, -0.2) is 10.9 Å². The van der Waals surface area contributed by atoms with Crippen LogP contribution in [-0.2, 0) is 0 Å². The van der Waals surface area contributed by atoms with Crippen molar-refractivity contribution >= 4 is 27.5 Å². The quantitative estimate of drug-likeness (QED) is 0.864. The molecule has 1 heterocycles. The fraction of sp³-hybridized carbons (Fsp3) is 0. The second-order valence-electron chi connectivity index (χ2n) is 3.28.